The van der Waals surface area contributed by atoms with Crippen LogP contribution in [0.4, 0.5) is 26.1 Å². The number of hydrogen-bond acceptors (Lipinski definition) is 37. The lowest BCUT2D eigenvalue weighted by Gasteiger charge is -2.31. The van der Waals surface area contributed by atoms with Crippen LogP contribution in [0.2, 0.25) is 0 Å². The lowest BCUT2D eigenvalue weighted by atomic mass is 10.4. The van der Waals surface area contributed by atoms with Gasteiger partial charge in [0.05, 0.1) is 25.0 Å². The molecule has 6 aliphatic rings. The Labute approximate surface area is 508 Å². The smallest absolute Gasteiger partial charge is 0.514 e. The molecule has 0 atom stereocenters. The summed E-state index contributed by atoms with van der Waals surface area (Å²) in [5.74, 6) is -6.63. The van der Waals surface area contributed by atoms with Crippen LogP contribution in [0.1, 0.15) is 54.4 Å². The number of halogens is 6. The zero-order valence-corrected chi connectivity index (χ0v) is 54.9. The van der Waals surface area contributed by atoms with E-state index in [0.717, 1.165) is 32.1 Å². The van der Waals surface area contributed by atoms with E-state index in [2.05, 4.69) is 73.0 Å². The van der Waals surface area contributed by atoms with Crippen LogP contribution in [0, 0.1) is 22.7 Å². The van der Waals surface area contributed by atoms with Crippen LogP contribution in [0.5, 0.6) is 0 Å². The van der Waals surface area contributed by atoms with E-state index >= 15 is 0 Å². The average molecular weight is 1450 g/mol. The Morgan fingerprint density at radius 1 is 0.764 bits per heavy atom. The standard InChI is InChI=1S/C5H8O4.C4H4O4.C3H7NO.2C3H6O3.C2H6FOP.C2H3NO.2C2H3N.C2H5O3S.2C2H2O3.C2H6O2S.CH3F2OP.CH3FO2S.CH2N.CH2O3S.2FH/c1-2-9-5(8)3-4(6)7;5-3-1-4(6)8-2-7-3;1-3(5)4-2;2*1-3(4)5-2-6-3;1-5(2,3)4;1-3-2-4;2*1-2-3;1-6(4,5)2-3;2*3-2-4-1-5-2;3*1-5(2,3)4;1-2;2-5(3)1-4-5;;/h2-3H2,1H3,(H,6,7);1-2H2;1-2H3,(H,4,5);2*4H,2H2,1H3;1-2H3;1H3;2*1H3;2H2,1H3;2*1H2;1-2H3;2*1H3;1H2;1H2;2*1H/q;;;;;;;;;-1;;;;;;-1;;;/p-3. The van der Waals surface area contributed by atoms with E-state index in [0.29, 0.717) is 12.9 Å². The van der Waals surface area contributed by atoms with Crippen LogP contribution in [0.15, 0.2) is 9.98 Å². The molecule has 0 radical (unpaired) electrons. The maximum Gasteiger partial charge on any atom is 0.514 e. The minimum absolute atomic E-state index is 0. The van der Waals surface area contributed by atoms with Crippen molar-refractivity contribution in [3.8, 4) is 12.1 Å². The number of carboxylic acids is 1. The molecule has 6 fully saturated rings. The van der Waals surface area contributed by atoms with Gasteiger partial charge in [-0.05, 0) is 25.7 Å². The highest BCUT2D eigenvalue weighted by molar-refractivity contribution is 7.91. The summed E-state index contributed by atoms with van der Waals surface area (Å²) in [5.41, 5.74) is 0. The minimum atomic E-state index is -4.64. The van der Waals surface area contributed by atoms with Gasteiger partial charge in [-0.1, -0.05) is 0 Å². The third-order valence-electron chi connectivity index (χ3n) is 4.27. The van der Waals surface area contributed by atoms with E-state index in [-0.39, 0.29) is 68.2 Å². The first-order valence-corrected chi connectivity index (χ1v) is 33.3. The number of ether oxygens (including phenoxy) is 11. The first-order chi connectivity index (χ1) is 38.9. The van der Waals surface area contributed by atoms with Crippen LogP contribution in [-0.2, 0) is 129 Å². The zero-order chi connectivity index (χ0) is 72.1. The third-order valence-corrected chi connectivity index (χ3v) is 5.32. The van der Waals surface area contributed by atoms with Gasteiger partial charge < -0.3 is 97.4 Å². The highest BCUT2D eigenvalue weighted by Gasteiger charge is 2.31. The molecule has 0 saturated carbocycles. The van der Waals surface area contributed by atoms with Crippen molar-refractivity contribution in [3.63, 3.8) is 0 Å². The molecule has 0 unspecified atom stereocenters. The molecular weight excluding hydrogens is 1370 g/mol. The number of carboxylic acid groups (broad SMARTS) is 1. The molecule has 6 heterocycles. The molecule has 0 bridgehead atoms. The Morgan fingerprint density at radius 2 is 0.944 bits per heavy atom. The van der Waals surface area contributed by atoms with Gasteiger partial charge >= 0.3 is 44.0 Å². The van der Waals surface area contributed by atoms with Crippen molar-refractivity contribution in [2.45, 2.75) is 66.3 Å². The fourth-order valence-corrected chi connectivity index (χ4v) is 1.74. The Hall–Kier alpha value is -6.56. The molecule has 89 heavy (non-hydrogen) atoms. The van der Waals surface area contributed by atoms with Crippen molar-refractivity contribution in [1.82, 2.24) is 0 Å². The second-order valence-electron chi connectivity index (χ2n) is 13.7. The number of aliphatic carboxylic acids is 1. The second-order valence-corrected chi connectivity index (χ2v) is 24.9. The lowest BCUT2D eigenvalue weighted by molar-refractivity contribution is -0.480. The van der Waals surface area contributed by atoms with Gasteiger partial charge in [0, 0.05) is 80.6 Å². The average Bonchev–Trinajstić information content (AvgIpc) is 4.00. The molecule has 0 aliphatic carbocycles. The first-order valence-electron chi connectivity index (χ1n) is 21.1. The quantitative estimate of drug-likeness (QED) is 0.0225. The number of nitrogens with zero attached hydrogens (tertiary/aromatic N) is 5. The maximum atomic E-state index is 11.2. The van der Waals surface area contributed by atoms with Gasteiger partial charge in [-0.25, -0.2) is 47.1 Å². The summed E-state index contributed by atoms with van der Waals surface area (Å²) in [6.07, 6.45) is 3.09. The molecule has 6 saturated heterocycles. The summed E-state index contributed by atoms with van der Waals surface area (Å²) >= 11 is 0. The van der Waals surface area contributed by atoms with Crippen LogP contribution in [0.3, 0.4) is 0 Å². The van der Waals surface area contributed by atoms with Gasteiger partial charge in [0.15, 0.2) is 19.5 Å². The van der Waals surface area contributed by atoms with E-state index in [9.17, 15) is 85.3 Å². The molecule has 0 aromatic rings. The molecule has 532 valence electrons. The number of nitriles is 2. The fraction of sp³-hybridized carbons (Fsp3) is 0.711. The lowest BCUT2D eigenvalue weighted by Crippen LogP contribution is -3.00. The highest BCUT2D eigenvalue weighted by Crippen LogP contribution is 2.43. The summed E-state index contributed by atoms with van der Waals surface area (Å²) in [5, 5.41) is 65.3. The number of carbonyl (C=O) groups excluding carboxylic acids is 6. The molecule has 0 aromatic heterocycles. The number of esters is 3. The maximum absolute atomic E-state index is 11.2. The number of sulfone groups is 2. The number of carbonyl (C=O) groups is 6. The summed E-state index contributed by atoms with van der Waals surface area (Å²) in [4.78, 5) is 74.3. The minimum Gasteiger partial charge on any atom is -1.00 e. The van der Waals surface area contributed by atoms with Crippen LogP contribution >= 0.6 is 15.2 Å². The molecule has 0 spiro atoms. The van der Waals surface area contributed by atoms with Gasteiger partial charge in [-0.3, -0.25) is 28.3 Å². The van der Waals surface area contributed by atoms with Crippen LogP contribution < -0.4 is 19.6 Å². The van der Waals surface area contributed by atoms with Gasteiger partial charge in [-0.2, -0.15) is 40.0 Å². The van der Waals surface area contributed by atoms with E-state index in [1.54, 1.807) is 19.1 Å². The number of aliphatic imine (C=N–C) groups is 2. The summed E-state index contributed by atoms with van der Waals surface area (Å²) in [7, 11) is -17.9. The predicted octanol–water partition coefficient (Wildman–Crippen LogP) is -5.87. The Balaban J connectivity index is -0.0000000631. The number of isocyanates is 1. The van der Waals surface area contributed by atoms with Gasteiger partial charge in [0.25, 0.3) is 32.3 Å². The van der Waals surface area contributed by atoms with Crippen molar-refractivity contribution in [1.29, 1.82) is 10.5 Å². The fourth-order valence-electron chi connectivity index (χ4n) is 1.43. The van der Waals surface area contributed by atoms with E-state index in [4.69, 9.17) is 49.0 Å². The van der Waals surface area contributed by atoms with Gasteiger partial charge in [0.2, 0.25) is 33.9 Å². The van der Waals surface area contributed by atoms with E-state index in [1.807, 2.05) is 0 Å². The molecule has 6 aliphatic heterocycles. The number of cyclic esters (lactones) is 6. The highest BCUT2D eigenvalue weighted by atomic mass is 32.3. The normalized spacial score (nSPS) is 14.8. The Kier molecular flexibility index (Phi) is 83.9. The van der Waals surface area contributed by atoms with Gasteiger partial charge in [-0.15, -0.1) is 3.89 Å². The second kappa shape index (κ2) is 65.9. The largest absolute Gasteiger partial charge is 1.00 e. The number of aliphatic hydroxyl groups is 2. The molecule has 6 rings (SSSR count). The van der Waals surface area contributed by atoms with Crippen LogP contribution in [0.25, 0.3) is 5.41 Å². The van der Waals surface area contributed by atoms with Crippen molar-refractivity contribution in [3.05, 3.63) is 5.41 Å². The molecule has 3 N–H and O–H groups in total. The van der Waals surface area contributed by atoms with Crippen molar-refractivity contribution >= 4 is 110 Å². The van der Waals surface area contributed by atoms with Crippen molar-refractivity contribution in [2.24, 2.45) is 9.98 Å². The predicted molar refractivity (Wildman–Crippen MR) is 284 cm³/mol. The molecular formula is C38H70F6N5O34P2S4-5. The number of hydrogen-bond donors (Lipinski definition) is 3. The molecule has 39 nitrogen and oxygen atoms in total. The number of rotatable bonds is 4. The SMILES string of the molecule is C=[N-].CC#N.CC#N.CC1(O)OCO1.CC1(O)OCO1.CCOC(=O)CC(=O)O.CN=C(C)[O-].CN=C=O.CP(=O)(F)F.CP(C)(=O)F.CS(=O)(=O)C[O-].CS(=O)(=O)F.CS(C)(=O)=O.O=C1CC(=O)OCO1.O=C1OCO1.O=C1OCO1.O=S1(=O)CO1.[F-].[F-]. The Bertz CT molecular complexity index is 2450. The topological polar surface area (TPSA) is 606 Å². The molecule has 51 heteroatoms. The van der Waals surface area contributed by atoms with Crippen molar-refractivity contribution < 1.29 is 184 Å². The van der Waals surface area contributed by atoms with Crippen LogP contribution in [-0.4, -0.2) is 227 Å². The zero-order valence-electron chi connectivity index (χ0n) is 49.8. The third kappa shape index (κ3) is 210. The van der Waals surface area contributed by atoms with E-state index < -0.39 is 116 Å². The monoisotopic (exact) mass is 1440 g/mol. The van der Waals surface area contributed by atoms with E-state index in [1.165, 1.54) is 54.8 Å². The molecule has 0 aromatic carbocycles. The summed E-state index contributed by atoms with van der Waals surface area (Å²) in [6, 6.07) is 3.50. The van der Waals surface area contributed by atoms with Crippen molar-refractivity contribution in [2.75, 3.05) is 112 Å². The summed E-state index contributed by atoms with van der Waals surface area (Å²) in [6.45, 7) is 14.3. The summed E-state index contributed by atoms with van der Waals surface area (Å²) < 4.78 is 188. The Morgan fingerprint density at radius 3 is 1.00 bits per heavy atom. The van der Waals surface area contributed by atoms with Gasteiger partial charge in [0.1, 0.15) is 32.5 Å². The molecule has 0 amide bonds. The first kappa shape index (κ1) is 113.